The van der Waals surface area contributed by atoms with Crippen molar-refractivity contribution in [3.63, 3.8) is 0 Å². The molecule has 450 valence electrons. The highest BCUT2D eigenvalue weighted by Gasteiger charge is 2.25. The zero-order chi connectivity index (χ0) is 55.1. The molecule has 0 spiro atoms. The number of nitrogens with one attached hydrogen (secondary N) is 2. The average molecular weight is 1100 g/mol. The van der Waals surface area contributed by atoms with Crippen LogP contribution in [0, 0.1) is 0 Å². The molecule has 76 heavy (non-hydrogen) atoms. The third kappa shape index (κ3) is 51.7. The molecule has 0 aromatic carbocycles. The van der Waals surface area contributed by atoms with Crippen molar-refractivity contribution in [3.05, 3.63) is 0 Å². The Kier molecular flexibility index (Phi) is 57.4. The number of imide groups is 1. The first kappa shape index (κ1) is 75.1. The number of aliphatic carboxylic acids is 1. The summed E-state index contributed by atoms with van der Waals surface area (Å²) in [6.45, 7) is 8.79. The highest BCUT2D eigenvalue weighted by Crippen LogP contribution is 2.22. The standard InChI is InChI=1S/C19H35NO4.2C18H35NO2.C6H13NO2.ClH/c1-2-3-13-16-20(18(21)22)19(23)24-17-14-11-9-7-5-4-6-8-10-12-15-17;2*1-2-3-13-16-19-18(20)21-17-14-11-9-7-5-4-6-8-10-12-15-17;7-5-3-1-2-4-6(8)9;/h17H,2-16H2,1H3,(H,21,22);2*17H,2-16H2,1H3,(H,19,20);1-5,7H2,(H,8,9);1H. The van der Waals surface area contributed by atoms with Gasteiger partial charge in [-0.15, -0.1) is 12.4 Å². The summed E-state index contributed by atoms with van der Waals surface area (Å²) in [6.07, 6.45) is 50.6. The van der Waals surface area contributed by atoms with E-state index in [0.29, 0.717) is 13.0 Å². The number of carboxylic acid groups (broad SMARTS) is 2. The van der Waals surface area contributed by atoms with E-state index in [2.05, 4.69) is 24.5 Å². The van der Waals surface area contributed by atoms with Crippen molar-refractivity contribution in [2.24, 2.45) is 5.73 Å². The summed E-state index contributed by atoms with van der Waals surface area (Å²) in [5, 5.41) is 23.2. The van der Waals surface area contributed by atoms with Gasteiger partial charge in [-0.1, -0.05) is 201 Å². The highest BCUT2D eigenvalue weighted by molar-refractivity contribution is 5.86. The van der Waals surface area contributed by atoms with Crippen molar-refractivity contribution in [1.82, 2.24) is 15.5 Å². The van der Waals surface area contributed by atoms with Gasteiger partial charge >= 0.3 is 30.3 Å². The van der Waals surface area contributed by atoms with Crippen LogP contribution >= 0.6 is 12.4 Å². The molecule has 0 radical (unpaired) electrons. The number of unbranched alkanes of at least 4 members (excludes halogenated alkanes) is 8. The minimum Gasteiger partial charge on any atom is -0.481 e. The first-order valence-electron chi connectivity index (χ1n) is 31.6. The van der Waals surface area contributed by atoms with Crippen LogP contribution < -0.4 is 16.4 Å². The molecule has 0 unspecified atom stereocenters. The van der Waals surface area contributed by atoms with E-state index in [1.54, 1.807) is 0 Å². The monoisotopic (exact) mass is 1100 g/mol. The Morgan fingerprint density at radius 3 is 1.01 bits per heavy atom. The maximum atomic E-state index is 12.2. The van der Waals surface area contributed by atoms with Gasteiger partial charge in [-0.2, -0.15) is 0 Å². The summed E-state index contributed by atoms with van der Waals surface area (Å²) < 4.78 is 16.8. The predicted octanol–water partition coefficient (Wildman–Crippen LogP) is 18.1. The number of amides is 4. The van der Waals surface area contributed by atoms with Crippen LogP contribution in [-0.4, -0.2) is 89.9 Å². The van der Waals surface area contributed by atoms with Gasteiger partial charge in [0.2, 0.25) is 0 Å². The molecule has 6 N–H and O–H groups in total. The number of halogens is 1. The molecular weight excluding hydrogens is 984 g/mol. The lowest BCUT2D eigenvalue weighted by atomic mass is 9.99. The minimum absolute atomic E-state index is 0. The van der Waals surface area contributed by atoms with E-state index in [1.165, 1.54) is 186 Å². The number of nitrogens with two attached hydrogens (primary N) is 1. The van der Waals surface area contributed by atoms with Crippen LogP contribution in [-0.2, 0) is 19.0 Å². The third-order valence-corrected chi connectivity index (χ3v) is 14.6. The molecule has 0 aliphatic heterocycles. The minimum atomic E-state index is -1.20. The zero-order valence-corrected chi connectivity index (χ0v) is 50.0. The van der Waals surface area contributed by atoms with Gasteiger partial charge in [-0.25, -0.2) is 24.1 Å². The summed E-state index contributed by atoms with van der Waals surface area (Å²) in [5.41, 5.74) is 5.20. The van der Waals surface area contributed by atoms with Gasteiger partial charge in [0.25, 0.3) is 0 Å². The molecule has 14 nitrogen and oxygen atoms in total. The Bertz CT molecular complexity index is 1240. The maximum Gasteiger partial charge on any atom is 0.419 e. The summed E-state index contributed by atoms with van der Waals surface area (Å²) in [7, 11) is 0. The molecule has 0 heterocycles. The van der Waals surface area contributed by atoms with Gasteiger partial charge in [0, 0.05) is 26.1 Å². The SMILES string of the molecule is CCCCCN(C(=O)O)C(=O)OC1CCCCCCCCCCC1.CCCCCNC(=O)OC1CCCCCCCCCCC1.CCCCCNC(=O)OC1CCCCCCCCCCC1.Cl.NCCCCCC(=O)O. The number of hydrogen-bond acceptors (Lipinski definition) is 9. The molecular formula is C61H119ClN4O10. The fraction of sp³-hybridized carbons (Fsp3) is 0.918. The summed E-state index contributed by atoms with van der Waals surface area (Å²) in [5.74, 6) is -0.716. The molecule has 4 amide bonds. The fourth-order valence-corrected chi connectivity index (χ4v) is 9.84. The van der Waals surface area contributed by atoms with Gasteiger partial charge in [0.05, 0.1) is 0 Å². The Morgan fingerprint density at radius 1 is 0.421 bits per heavy atom. The largest absolute Gasteiger partial charge is 0.481 e. The van der Waals surface area contributed by atoms with Crippen LogP contribution in [0.15, 0.2) is 0 Å². The number of carbonyl (C=O) groups excluding carboxylic acids is 3. The van der Waals surface area contributed by atoms with Crippen LogP contribution in [0.2, 0.25) is 0 Å². The number of hydrogen-bond donors (Lipinski definition) is 5. The van der Waals surface area contributed by atoms with E-state index in [0.717, 1.165) is 114 Å². The molecule has 3 fully saturated rings. The lowest BCUT2D eigenvalue weighted by Crippen LogP contribution is -2.39. The number of alkyl carbamates (subject to hydrolysis) is 2. The van der Waals surface area contributed by atoms with E-state index in [1.807, 2.05) is 6.92 Å². The number of ether oxygens (including phenoxy) is 3. The highest BCUT2D eigenvalue weighted by atomic mass is 35.5. The van der Waals surface area contributed by atoms with Gasteiger partial charge in [0.1, 0.15) is 18.3 Å². The van der Waals surface area contributed by atoms with Gasteiger partial charge < -0.3 is 40.8 Å². The molecule has 0 bridgehead atoms. The molecule has 3 aliphatic carbocycles. The topological polar surface area (TPSA) is 207 Å². The molecule has 3 rings (SSSR count). The van der Waals surface area contributed by atoms with Gasteiger partial charge in [-0.3, -0.25) is 4.79 Å². The molecule has 0 aromatic rings. The molecule has 3 aliphatic rings. The lowest BCUT2D eigenvalue weighted by Gasteiger charge is -2.23. The third-order valence-electron chi connectivity index (χ3n) is 14.6. The van der Waals surface area contributed by atoms with Crippen molar-refractivity contribution in [2.75, 3.05) is 26.2 Å². The normalized spacial score (nSPS) is 17.5. The van der Waals surface area contributed by atoms with Crippen LogP contribution in [0.1, 0.15) is 316 Å². The Labute approximate surface area is 471 Å². The summed E-state index contributed by atoms with van der Waals surface area (Å²) in [6, 6.07) is 0. The van der Waals surface area contributed by atoms with E-state index >= 15 is 0 Å². The second kappa shape index (κ2) is 58.2. The first-order chi connectivity index (χ1) is 36.6. The number of carbonyl (C=O) groups is 5. The van der Waals surface area contributed by atoms with Crippen molar-refractivity contribution in [2.45, 2.75) is 334 Å². The Hall–Kier alpha value is -3.00. The van der Waals surface area contributed by atoms with Crippen molar-refractivity contribution < 1.29 is 48.4 Å². The van der Waals surface area contributed by atoms with Crippen molar-refractivity contribution in [1.29, 1.82) is 0 Å². The molecule has 0 saturated heterocycles. The number of carboxylic acids is 1. The smallest absolute Gasteiger partial charge is 0.419 e. The second-order valence-corrected chi connectivity index (χ2v) is 21.7. The zero-order valence-electron chi connectivity index (χ0n) is 49.2. The predicted molar refractivity (Wildman–Crippen MR) is 315 cm³/mol. The van der Waals surface area contributed by atoms with E-state index in [9.17, 15) is 29.1 Å². The molecule has 0 atom stereocenters. The Morgan fingerprint density at radius 2 is 0.724 bits per heavy atom. The van der Waals surface area contributed by atoms with Gasteiger partial charge in [0.15, 0.2) is 0 Å². The van der Waals surface area contributed by atoms with Crippen LogP contribution in [0.3, 0.4) is 0 Å². The average Bonchev–Trinajstić information content (AvgIpc) is 3.37. The quantitative estimate of drug-likeness (QED) is 0.0572. The van der Waals surface area contributed by atoms with Gasteiger partial charge in [-0.05, 0) is 116 Å². The first-order valence-corrected chi connectivity index (χ1v) is 31.6. The van der Waals surface area contributed by atoms with E-state index in [-0.39, 0.29) is 55.9 Å². The Balaban J connectivity index is 0. The molecule has 3 saturated carbocycles. The molecule has 0 aromatic heterocycles. The van der Waals surface area contributed by atoms with Crippen molar-refractivity contribution in [3.8, 4) is 0 Å². The van der Waals surface area contributed by atoms with Crippen molar-refractivity contribution >= 4 is 42.7 Å². The van der Waals surface area contributed by atoms with E-state index < -0.39 is 18.2 Å². The lowest BCUT2D eigenvalue weighted by molar-refractivity contribution is -0.137. The molecule has 15 heteroatoms. The second-order valence-electron chi connectivity index (χ2n) is 21.7. The number of nitrogens with zero attached hydrogens (tertiary/aromatic N) is 1. The van der Waals surface area contributed by atoms with E-state index in [4.69, 9.17) is 25.1 Å². The van der Waals surface area contributed by atoms with Crippen LogP contribution in [0.25, 0.3) is 0 Å². The number of rotatable bonds is 20. The maximum absolute atomic E-state index is 12.2. The summed E-state index contributed by atoms with van der Waals surface area (Å²) >= 11 is 0. The summed E-state index contributed by atoms with van der Waals surface area (Å²) in [4.78, 5) is 58.0. The fourth-order valence-electron chi connectivity index (χ4n) is 9.84. The van der Waals surface area contributed by atoms with Crippen LogP contribution in [0.5, 0.6) is 0 Å². The van der Waals surface area contributed by atoms with Crippen LogP contribution in [0.4, 0.5) is 19.2 Å².